The van der Waals surface area contributed by atoms with Crippen molar-refractivity contribution in [1.82, 2.24) is 4.98 Å². The zero-order chi connectivity index (χ0) is 10.8. The molecular formula is C10H8BrFN2S. The predicted molar refractivity (Wildman–Crippen MR) is 64.2 cm³/mol. The molecule has 15 heavy (non-hydrogen) atoms. The molecule has 0 fully saturated rings. The Hall–Kier alpha value is -0.940. The Kier molecular flexibility index (Phi) is 3.02. The van der Waals surface area contributed by atoms with Gasteiger partial charge in [-0.1, -0.05) is 12.1 Å². The van der Waals surface area contributed by atoms with Crippen LogP contribution in [0.5, 0.6) is 0 Å². The summed E-state index contributed by atoms with van der Waals surface area (Å²) in [6.07, 6.45) is 0. The summed E-state index contributed by atoms with van der Waals surface area (Å²) in [6.45, 7) is 1.86. The molecule has 2 rings (SSSR count). The van der Waals surface area contributed by atoms with Crippen LogP contribution >= 0.6 is 27.3 Å². The van der Waals surface area contributed by atoms with Gasteiger partial charge in [-0.05, 0) is 34.5 Å². The average Bonchev–Trinajstić information content (AvgIpc) is 2.58. The number of aromatic nitrogens is 1. The maximum Gasteiger partial charge on any atom is 0.188 e. The van der Waals surface area contributed by atoms with Crippen molar-refractivity contribution in [3.05, 3.63) is 39.6 Å². The number of aryl methyl sites for hydroxylation is 1. The largest absolute Gasteiger partial charge is 0.329 e. The predicted octanol–water partition coefficient (Wildman–Crippen LogP) is 4.10. The molecule has 0 spiro atoms. The SMILES string of the molecule is Cc1cccc(F)c1Nc1nc(Br)cs1. The molecule has 0 bridgehead atoms. The van der Waals surface area contributed by atoms with Gasteiger partial charge in [0.15, 0.2) is 5.13 Å². The van der Waals surface area contributed by atoms with Crippen LogP contribution < -0.4 is 5.32 Å². The highest BCUT2D eigenvalue weighted by molar-refractivity contribution is 9.10. The van der Waals surface area contributed by atoms with Crippen LogP contribution in [0.15, 0.2) is 28.2 Å². The second-order valence-corrected chi connectivity index (χ2v) is 4.70. The van der Waals surface area contributed by atoms with Crippen LogP contribution in [0.2, 0.25) is 0 Å². The van der Waals surface area contributed by atoms with Crippen LogP contribution in [0.3, 0.4) is 0 Å². The lowest BCUT2D eigenvalue weighted by Crippen LogP contribution is -1.95. The van der Waals surface area contributed by atoms with E-state index in [9.17, 15) is 4.39 Å². The summed E-state index contributed by atoms with van der Waals surface area (Å²) in [7, 11) is 0. The van der Waals surface area contributed by atoms with Crippen molar-refractivity contribution in [3.8, 4) is 0 Å². The molecule has 0 saturated heterocycles. The molecule has 0 amide bonds. The number of hydrogen-bond donors (Lipinski definition) is 1. The first-order chi connectivity index (χ1) is 7.16. The Morgan fingerprint density at radius 1 is 1.47 bits per heavy atom. The zero-order valence-electron chi connectivity index (χ0n) is 7.92. The van der Waals surface area contributed by atoms with Gasteiger partial charge in [0, 0.05) is 5.38 Å². The number of thiazole rings is 1. The minimum Gasteiger partial charge on any atom is -0.329 e. The van der Waals surface area contributed by atoms with Gasteiger partial charge < -0.3 is 5.32 Å². The third-order valence-corrected chi connectivity index (χ3v) is 3.40. The van der Waals surface area contributed by atoms with Gasteiger partial charge in [0.1, 0.15) is 10.4 Å². The lowest BCUT2D eigenvalue weighted by atomic mass is 10.2. The minimum atomic E-state index is -0.263. The van der Waals surface area contributed by atoms with Crippen molar-refractivity contribution in [2.75, 3.05) is 5.32 Å². The smallest absolute Gasteiger partial charge is 0.188 e. The minimum absolute atomic E-state index is 0.263. The molecule has 1 N–H and O–H groups in total. The van der Waals surface area contributed by atoms with Crippen LogP contribution in [0.1, 0.15) is 5.56 Å². The third kappa shape index (κ3) is 2.35. The van der Waals surface area contributed by atoms with E-state index in [0.29, 0.717) is 10.8 Å². The van der Waals surface area contributed by atoms with E-state index < -0.39 is 0 Å². The zero-order valence-corrected chi connectivity index (χ0v) is 10.3. The monoisotopic (exact) mass is 286 g/mol. The average molecular weight is 287 g/mol. The van der Waals surface area contributed by atoms with Gasteiger partial charge in [0.2, 0.25) is 0 Å². The standard InChI is InChI=1S/C10H8BrFN2S/c1-6-3-2-4-7(12)9(6)14-10-13-8(11)5-15-10/h2-5H,1H3,(H,13,14). The van der Waals surface area contributed by atoms with Gasteiger partial charge in [-0.25, -0.2) is 9.37 Å². The van der Waals surface area contributed by atoms with E-state index >= 15 is 0 Å². The number of nitrogens with zero attached hydrogens (tertiary/aromatic N) is 1. The highest BCUT2D eigenvalue weighted by Crippen LogP contribution is 2.27. The van der Waals surface area contributed by atoms with Crippen LogP contribution in [0.4, 0.5) is 15.2 Å². The molecule has 2 nitrogen and oxygen atoms in total. The summed E-state index contributed by atoms with van der Waals surface area (Å²) in [5.41, 5.74) is 1.35. The summed E-state index contributed by atoms with van der Waals surface area (Å²) in [5, 5.41) is 5.49. The summed E-state index contributed by atoms with van der Waals surface area (Å²) >= 11 is 4.67. The summed E-state index contributed by atoms with van der Waals surface area (Å²) in [6, 6.07) is 4.97. The number of nitrogens with one attached hydrogen (secondary N) is 1. The number of hydrogen-bond acceptors (Lipinski definition) is 3. The van der Waals surface area contributed by atoms with Crippen molar-refractivity contribution in [1.29, 1.82) is 0 Å². The molecule has 5 heteroatoms. The van der Waals surface area contributed by atoms with Gasteiger partial charge >= 0.3 is 0 Å². The summed E-state index contributed by atoms with van der Waals surface area (Å²) < 4.78 is 14.2. The molecule has 1 aromatic heterocycles. The number of anilines is 2. The van der Waals surface area contributed by atoms with Crippen LogP contribution in [0.25, 0.3) is 0 Å². The molecule has 0 aliphatic rings. The first-order valence-corrected chi connectivity index (χ1v) is 5.97. The van der Waals surface area contributed by atoms with Gasteiger partial charge in [-0.2, -0.15) is 0 Å². The second kappa shape index (κ2) is 4.28. The van der Waals surface area contributed by atoms with Gasteiger partial charge in [-0.15, -0.1) is 11.3 Å². The van der Waals surface area contributed by atoms with Crippen LogP contribution in [-0.4, -0.2) is 4.98 Å². The van der Waals surface area contributed by atoms with Gasteiger partial charge in [0.25, 0.3) is 0 Å². The highest BCUT2D eigenvalue weighted by Gasteiger charge is 2.07. The Morgan fingerprint density at radius 2 is 2.27 bits per heavy atom. The topological polar surface area (TPSA) is 24.9 Å². The van der Waals surface area contributed by atoms with Gasteiger partial charge in [0.05, 0.1) is 5.69 Å². The number of rotatable bonds is 2. The maximum absolute atomic E-state index is 13.4. The molecule has 0 unspecified atom stereocenters. The van der Waals surface area contributed by atoms with Crippen LogP contribution in [-0.2, 0) is 0 Å². The lowest BCUT2D eigenvalue weighted by molar-refractivity contribution is 0.631. The fourth-order valence-corrected chi connectivity index (χ4v) is 2.36. The van der Waals surface area contributed by atoms with Crippen molar-refractivity contribution in [2.45, 2.75) is 6.92 Å². The van der Waals surface area contributed by atoms with Crippen molar-refractivity contribution in [3.63, 3.8) is 0 Å². The Balaban J connectivity index is 2.31. The van der Waals surface area contributed by atoms with Crippen molar-refractivity contribution < 1.29 is 4.39 Å². The van der Waals surface area contributed by atoms with E-state index in [0.717, 1.165) is 10.2 Å². The number of benzene rings is 1. The summed E-state index contributed by atoms with van der Waals surface area (Å²) in [5.74, 6) is -0.263. The molecule has 0 aliphatic carbocycles. The Bertz CT molecular complexity index is 464. The molecular weight excluding hydrogens is 279 g/mol. The second-order valence-electron chi connectivity index (χ2n) is 3.03. The molecule has 78 valence electrons. The van der Waals surface area contributed by atoms with Gasteiger partial charge in [-0.3, -0.25) is 0 Å². The van der Waals surface area contributed by atoms with E-state index in [1.165, 1.54) is 17.4 Å². The van der Waals surface area contributed by atoms with E-state index in [2.05, 4.69) is 26.2 Å². The quantitative estimate of drug-likeness (QED) is 0.899. The van der Waals surface area contributed by atoms with Crippen molar-refractivity contribution in [2.24, 2.45) is 0 Å². The Morgan fingerprint density at radius 3 is 2.87 bits per heavy atom. The number of para-hydroxylation sites is 1. The third-order valence-electron chi connectivity index (χ3n) is 1.93. The van der Waals surface area contributed by atoms with E-state index in [-0.39, 0.29) is 5.82 Å². The molecule has 0 saturated carbocycles. The Labute approximate surface area is 99.3 Å². The fourth-order valence-electron chi connectivity index (χ4n) is 1.21. The van der Waals surface area contributed by atoms with E-state index in [1.807, 2.05) is 18.4 Å². The molecule has 2 aromatic rings. The lowest BCUT2D eigenvalue weighted by Gasteiger charge is -2.07. The van der Waals surface area contributed by atoms with E-state index in [4.69, 9.17) is 0 Å². The van der Waals surface area contributed by atoms with Crippen molar-refractivity contribution >= 4 is 38.1 Å². The first-order valence-electron chi connectivity index (χ1n) is 4.30. The molecule has 0 aliphatic heterocycles. The molecule has 0 radical (unpaired) electrons. The van der Waals surface area contributed by atoms with Crippen LogP contribution in [0, 0.1) is 12.7 Å². The summed E-state index contributed by atoms with van der Waals surface area (Å²) in [4.78, 5) is 4.15. The molecule has 0 atom stereocenters. The maximum atomic E-state index is 13.4. The van der Waals surface area contributed by atoms with E-state index in [1.54, 1.807) is 6.07 Å². The molecule has 1 heterocycles. The number of halogens is 2. The molecule has 1 aromatic carbocycles. The normalized spacial score (nSPS) is 10.3. The highest BCUT2D eigenvalue weighted by atomic mass is 79.9. The first kappa shape index (κ1) is 10.6. The fraction of sp³-hybridized carbons (Fsp3) is 0.100.